The number of aromatic carboxylic acids is 1. The van der Waals surface area contributed by atoms with E-state index in [1.54, 1.807) is 6.07 Å². The average molecular weight is 249 g/mol. The van der Waals surface area contributed by atoms with E-state index < -0.39 is 5.97 Å². The third kappa shape index (κ3) is 5.10. The van der Waals surface area contributed by atoms with E-state index >= 15 is 0 Å². The van der Waals surface area contributed by atoms with Crippen LogP contribution in [-0.2, 0) is 0 Å². The van der Waals surface area contributed by atoms with Gasteiger partial charge in [-0.1, -0.05) is 31.4 Å². The number of carbonyl (C=O) groups excluding carboxylic acids is 1. The lowest BCUT2D eigenvalue weighted by molar-refractivity contribution is 0.0697. The maximum absolute atomic E-state index is 10.4. The van der Waals surface area contributed by atoms with Crippen LogP contribution in [0.15, 0.2) is 24.3 Å². The van der Waals surface area contributed by atoms with E-state index in [1.165, 1.54) is 50.3 Å². The first-order chi connectivity index (χ1) is 8.63. The highest BCUT2D eigenvalue weighted by Crippen LogP contribution is 2.14. The summed E-state index contributed by atoms with van der Waals surface area (Å²) in [4.78, 5) is 20.5. The number of hydrogen-bond acceptors (Lipinski definition) is 3. The second kappa shape index (κ2) is 7.61. The van der Waals surface area contributed by atoms with Crippen molar-refractivity contribution in [3.8, 4) is 0 Å². The molecule has 0 atom stereocenters. The quantitative estimate of drug-likeness (QED) is 0.789. The van der Waals surface area contributed by atoms with Crippen molar-refractivity contribution in [3.63, 3.8) is 0 Å². The van der Waals surface area contributed by atoms with Gasteiger partial charge in [-0.3, -0.25) is 4.79 Å². The monoisotopic (exact) mass is 249 g/mol. The van der Waals surface area contributed by atoms with E-state index in [0.717, 1.165) is 0 Å². The minimum absolute atomic E-state index is 0.134. The zero-order chi connectivity index (χ0) is 13.4. The van der Waals surface area contributed by atoms with Gasteiger partial charge in [0.2, 0.25) is 0 Å². The molecule has 0 aromatic heterocycles. The first-order valence-electron chi connectivity index (χ1n) is 6.17. The zero-order valence-corrected chi connectivity index (χ0v) is 10.3. The van der Waals surface area contributed by atoms with Crippen LogP contribution in [0.3, 0.4) is 0 Å². The molecular formula is C14H19NO3. The van der Waals surface area contributed by atoms with Crippen LogP contribution >= 0.6 is 0 Å². The van der Waals surface area contributed by atoms with Crippen molar-refractivity contribution in [1.29, 1.82) is 0 Å². The third-order valence-electron chi connectivity index (χ3n) is 2.92. The van der Waals surface area contributed by atoms with Gasteiger partial charge in [-0.05, 0) is 25.0 Å². The Hall–Kier alpha value is -1.68. The summed E-state index contributed by atoms with van der Waals surface area (Å²) < 4.78 is 0. The topological polar surface area (TPSA) is 80.4 Å². The van der Waals surface area contributed by atoms with Gasteiger partial charge >= 0.3 is 5.97 Å². The van der Waals surface area contributed by atoms with Crippen LogP contribution in [-0.4, -0.2) is 23.4 Å². The molecule has 98 valence electrons. The summed E-state index contributed by atoms with van der Waals surface area (Å²) in [6.45, 7) is 0. The average Bonchev–Trinajstić information content (AvgIpc) is 2.40. The van der Waals surface area contributed by atoms with Crippen molar-refractivity contribution >= 4 is 12.3 Å². The fraction of sp³-hybridized carbons (Fsp3) is 0.429. The van der Waals surface area contributed by atoms with Gasteiger partial charge in [0.05, 0.1) is 5.56 Å². The molecule has 1 aromatic rings. The van der Waals surface area contributed by atoms with E-state index in [9.17, 15) is 9.59 Å². The molecule has 2 rings (SSSR count). The standard InChI is InChI=1S/C8H6O3.C6H13N/c9-5-6-2-1-3-7(4-6)8(10)11;7-6-4-2-1-3-5-6/h1-5H,(H,10,11);6H,1-5,7H2. The van der Waals surface area contributed by atoms with Crippen LogP contribution in [0.25, 0.3) is 0 Å². The SMILES string of the molecule is NC1CCCCC1.O=Cc1cccc(C(=O)O)c1. The number of carboxylic acid groups (broad SMARTS) is 1. The molecule has 3 N–H and O–H groups in total. The molecule has 4 nitrogen and oxygen atoms in total. The third-order valence-corrected chi connectivity index (χ3v) is 2.92. The molecule has 0 saturated heterocycles. The van der Waals surface area contributed by atoms with E-state index in [-0.39, 0.29) is 5.56 Å². The van der Waals surface area contributed by atoms with Gasteiger partial charge < -0.3 is 10.8 Å². The largest absolute Gasteiger partial charge is 0.478 e. The van der Waals surface area contributed by atoms with Gasteiger partial charge in [0.1, 0.15) is 6.29 Å². The molecule has 1 fully saturated rings. The molecule has 0 bridgehead atoms. The summed E-state index contributed by atoms with van der Waals surface area (Å²) in [6, 6.07) is 6.39. The Labute approximate surface area is 107 Å². The van der Waals surface area contributed by atoms with Crippen LogP contribution in [0.5, 0.6) is 0 Å². The first kappa shape index (κ1) is 14.4. The molecule has 1 aliphatic rings. The molecular weight excluding hydrogens is 230 g/mol. The van der Waals surface area contributed by atoms with Crippen molar-refractivity contribution in [2.24, 2.45) is 5.73 Å². The van der Waals surface area contributed by atoms with Gasteiger partial charge in [-0.2, -0.15) is 0 Å². The first-order valence-corrected chi connectivity index (χ1v) is 6.17. The van der Waals surface area contributed by atoms with Gasteiger partial charge in [0.25, 0.3) is 0 Å². The molecule has 0 spiro atoms. The molecule has 0 heterocycles. The Balaban J connectivity index is 0.000000199. The lowest BCUT2D eigenvalue weighted by Crippen LogP contribution is -2.22. The number of hydrogen-bond donors (Lipinski definition) is 2. The number of benzene rings is 1. The fourth-order valence-electron chi connectivity index (χ4n) is 1.88. The minimum atomic E-state index is -1.02. The van der Waals surface area contributed by atoms with Crippen molar-refractivity contribution in [2.75, 3.05) is 0 Å². The molecule has 0 radical (unpaired) electrons. The summed E-state index contributed by atoms with van der Waals surface area (Å²) >= 11 is 0. The summed E-state index contributed by atoms with van der Waals surface area (Å²) in [7, 11) is 0. The Morgan fingerprint density at radius 2 is 1.94 bits per heavy atom. The predicted octanol–water partition coefficient (Wildman–Crippen LogP) is 2.48. The molecule has 1 aliphatic carbocycles. The highest BCUT2D eigenvalue weighted by molar-refractivity contribution is 5.90. The number of aldehydes is 1. The van der Waals surface area contributed by atoms with Gasteiger partial charge in [0, 0.05) is 11.6 Å². The van der Waals surface area contributed by atoms with E-state index in [4.69, 9.17) is 10.8 Å². The summed E-state index contributed by atoms with van der Waals surface area (Å²) in [5, 5.41) is 8.49. The van der Waals surface area contributed by atoms with Crippen molar-refractivity contribution < 1.29 is 14.7 Å². The zero-order valence-electron chi connectivity index (χ0n) is 10.3. The van der Waals surface area contributed by atoms with Crippen molar-refractivity contribution in [2.45, 2.75) is 38.1 Å². The summed E-state index contributed by atoms with van der Waals surface area (Å²) in [5.74, 6) is -1.02. The summed E-state index contributed by atoms with van der Waals surface area (Å²) in [5.41, 5.74) is 6.15. The number of carboxylic acids is 1. The Kier molecular flexibility index (Phi) is 6.08. The van der Waals surface area contributed by atoms with Crippen LogP contribution in [0.2, 0.25) is 0 Å². The van der Waals surface area contributed by atoms with Gasteiger partial charge in [0.15, 0.2) is 0 Å². The molecule has 4 heteroatoms. The van der Waals surface area contributed by atoms with E-state index in [0.29, 0.717) is 17.9 Å². The Morgan fingerprint density at radius 3 is 2.39 bits per heavy atom. The Morgan fingerprint density at radius 1 is 1.28 bits per heavy atom. The van der Waals surface area contributed by atoms with Crippen molar-refractivity contribution in [1.82, 2.24) is 0 Å². The number of rotatable bonds is 2. The summed E-state index contributed by atoms with van der Waals surface area (Å²) in [6.07, 6.45) is 7.28. The molecule has 1 aromatic carbocycles. The Bertz CT molecular complexity index is 398. The molecule has 0 aliphatic heterocycles. The second-order valence-electron chi connectivity index (χ2n) is 4.45. The lowest BCUT2D eigenvalue weighted by Gasteiger charge is -2.15. The minimum Gasteiger partial charge on any atom is -0.478 e. The number of nitrogens with two attached hydrogens (primary N) is 1. The molecule has 0 amide bonds. The molecule has 18 heavy (non-hydrogen) atoms. The van der Waals surface area contributed by atoms with Gasteiger partial charge in [-0.15, -0.1) is 0 Å². The highest BCUT2D eigenvalue weighted by Gasteiger charge is 2.06. The maximum atomic E-state index is 10.4. The van der Waals surface area contributed by atoms with Crippen LogP contribution in [0.4, 0.5) is 0 Å². The van der Waals surface area contributed by atoms with Crippen molar-refractivity contribution in [3.05, 3.63) is 35.4 Å². The molecule has 1 saturated carbocycles. The van der Waals surface area contributed by atoms with Crippen LogP contribution in [0.1, 0.15) is 52.8 Å². The number of carbonyl (C=O) groups is 2. The molecule has 0 unspecified atom stereocenters. The smallest absolute Gasteiger partial charge is 0.335 e. The van der Waals surface area contributed by atoms with Crippen LogP contribution < -0.4 is 5.73 Å². The lowest BCUT2D eigenvalue weighted by atomic mass is 9.97. The van der Waals surface area contributed by atoms with E-state index in [1.807, 2.05) is 0 Å². The fourth-order valence-corrected chi connectivity index (χ4v) is 1.88. The normalized spacial score (nSPS) is 15.4. The predicted molar refractivity (Wildman–Crippen MR) is 69.8 cm³/mol. The van der Waals surface area contributed by atoms with E-state index in [2.05, 4.69) is 0 Å². The highest BCUT2D eigenvalue weighted by atomic mass is 16.4. The van der Waals surface area contributed by atoms with Crippen LogP contribution in [0, 0.1) is 0 Å². The van der Waals surface area contributed by atoms with Gasteiger partial charge in [-0.25, -0.2) is 4.79 Å². The maximum Gasteiger partial charge on any atom is 0.335 e. The second-order valence-corrected chi connectivity index (χ2v) is 4.45.